The Morgan fingerprint density at radius 2 is 2.19 bits per heavy atom. The van der Waals surface area contributed by atoms with Gasteiger partial charge in [-0.15, -0.1) is 0 Å². The van der Waals surface area contributed by atoms with Gasteiger partial charge in [-0.25, -0.2) is 4.39 Å². The lowest BCUT2D eigenvalue weighted by atomic mass is 10.00. The molecule has 1 saturated carbocycles. The van der Waals surface area contributed by atoms with Gasteiger partial charge in [-0.2, -0.15) is 0 Å². The van der Waals surface area contributed by atoms with Gasteiger partial charge in [0.1, 0.15) is 5.82 Å². The molecule has 0 heterocycles. The fourth-order valence-electron chi connectivity index (χ4n) is 2.23. The molecule has 0 spiro atoms. The highest BCUT2D eigenvalue weighted by Crippen LogP contribution is 2.54. The molecule has 0 saturated heterocycles. The fourth-order valence-corrected chi connectivity index (χ4v) is 2.43. The minimum atomic E-state index is -0.422. The summed E-state index contributed by atoms with van der Waals surface area (Å²) in [6, 6.07) is 4.27. The summed E-state index contributed by atoms with van der Waals surface area (Å²) in [7, 11) is 0. The predicted molar refractivity (Wildman–Crippen MR) is 63.0 cm³/mol. The van der Waals surface area contributed by atoms with E-state index < -0.39 is 6.10 Å². The first-order chi connectivity index (χ1) is 7.40. The predicted octanol–water partition coefficient (Wildman–Crippen LogP) is 3.43. The van der Waals surface area contributed by atoms with E-state index in [9.17, 15) is 9.50 Å². The average molecular weight is 243 g/mol. The molecule has 88 valence electrons. The number of aliphatic hydroxyl groups excluding tert-OH is 1. The van der Waals surface area contributed by atoms with Crippen molar-refractivity contribution < 1.29 is 9.50 Å². The molecule has 0 bridgehead atoms. The first-order valence-corrected chi connectivity index (χ1v) is 5.90. The minimum Gasteiger partial charge on any atom is -0.392 e. The number of aliphatic hydroxyl groups is 1. The molecule has 1 N–H and O–H groups in total. The maximum Gasteiger partial charge on any atom is 0.123 e. The van der Waals surface area contributed by atoms with Crippen LogP contribution in [0.15, 0.2) is 18.2 Å². The van der Waals surface area contributed by atoms with Crippen molar-refractivity contribution in [2.45, 2.75) is 32.8 Å². The molecular formula is C13H16ClFO. The fraction of sp³-hybridized carbons (Fsp3) is 0.538. The monoisotopic (exact) mass is 242 g/mol. The number of halogens is 2. The van der Waals surface area contributed by atoms with E-state index in [-0.39, 0.29) is 11.2 Å². The summed E-state index contributed by atoms with van der Waals surface area (Å²) in [4.78, 5) is 0. The maximum atomic E-state index is 13.0. The minimum absolute atomic E-state index is 0.221. The SMILES string of the molecule is CC1(C)CC1C(O)Cc1cc(F)ccc1Cl. The molecular weight excluding hydrogens is 227 g/mol. The molecule has 16 heavy (non-hydrogen) atoms. The van der Waals surface area contributed by atoms with Crippen LogP contribution in [0.5, 0.6) is 0 Å². The van der Waals surface area contributed by atoms with E-state index in [4.69, 9.17) is 11.6 Å². The van der Waals surface area contributed by atoms with E-state index in [1.54, 1.807) is 0 Å². The summed E-state index contributed by atoms with van der Waals surface area (Å²) in [6.07, 6.45) is 1.04. The lowest BCUT2D eigenvalue weighted by molar-refractivity contribution is 0.137. The Bertz CT molecular complexity index is 403. The molecule has 3 heteroatoms. The zero-order chi connectivity index (χ0) is 11.9. The first kappa shape index (κ1) is 11.9. The van der Waals surface area contributed by atoms with Crippen molar-refractivity contribution in [2.24, 2.45) is 11.3 Å². The van der Waals surface area contributed by atoms with E-state index in [1.807, 2.05) is 0 Å². The number of hydrogen-bond donors (Lipinski definition) is 1. The molecule has 1 aliphatic rings. The molecule has 2 unspecified atom stereocenters. The van der Waals surface area contributed by atoms with Gasteiger partial charge in [0, 0.05) is 11.4 Å². The van der Waals surface area contributed by atoms with E-state index in [0.717, 1.165) is 6.42 Å². The lowest BCUT2D eigenvalue weighted by Gasteiger charge is -2.13. The van der Waals surface area contributed by atoms with Crippen molar-refractivity contribution >= 4 is 11.6 Å². The van der Waals surface area contributed by atoms with Gasteiger partial charge in [-0.05, 0) is 41.5 Å². The normalized spacial score (nSPS) is 24.2. The third-order valence-corrected chi connectivity index (χ3v) is 3.86. The number of hydrogen-bond acceptors (Lipinski definition) is 1. The maximum absolute atomic E-state index is 13.0. The van der Waals surface area contributed by atoms with Crippen LogP contribution in [0.3, 0.4) is 0 Å². The van der Waals surface area contributed by atoms with Crippen LogP contribution in [0.2, 0.25) is 5.02 Å². The molecule has 1 fully saturated rings. The standard InChI is InChI=1S/C13H16ClFO/c1-13(2)7-10(13)12(16)6-8-5-9(15)3-4-11(8)14/h3-5,10,12,16H,6-7H2,1-2H3. The molecule has 0 radical (unpaired) electrons. The van der Waals surface area contributed by atoms with Crippen LogP contribution in [-0.2, 0) is 6.42 Å². The van der Waals surface area contributed by atoms with E-state index in [2.05, 4.69) is 13.8 Å². The summed E-state index contributed by atoms with van der Waals surface area (Å²) in [5.41, 5.74) is 0.913. The Balaban J connectivity index is 2.06. The molecule has 0 amide bonds. The lowest BCUT2D eigenvalue weighted by Crippen LogP contribution is -2.16. The van der Waals surface area contributed by atoms with Gasteiger partial charge in [-0.3, -0.25) is 0 Å². The number of benzene rings is 1. The Morgan fingerprint density at radius 3 is 2.75 bits per heavy atom. The van der Waals surface area contributed by atoms with Gasteiger partial charge >= 0.3 is 0 Å². The second kappa shape index (κ2) is 4.01. The summed E-state index contributed by atoms with van der Waals surface area (Å²) in [5, 5.41) is 10.5. The topological polar surface area (TPSA) is 20.2 Å². The van der Waals surface area contributed by atoms with Crippen LogP contribution in [0.1, 0.15) is 25.8 Å². The van der Waals surface area contributed by atoms with Crippen LogP contribution >= 0.6 is 11.6 Å². The smallest absolute Gasteiger partial charge is 0.123 e. The number of rotatable bonds is 3. The van der Waals surface area contributed by atoms with Gasteiger partial charge < -0.3 is 5.11 Å². The van der Waals surface area contributed by atoms with E-state index in [1.165, 1.54) is 18.2 Å². The van der Waals surface area contributed by atoms with Gasteiger partial charge in [0.05, 0.1) is 6.10 Å². The quantitative estimate of drug-likeness (QED) is 0.861. The second-order valence-corrected chi connectivity index (χ2v) is 5.71. The third kappa shape index (κ3) is 2.38. The van der Waals surface area contributed by atoms with Gasteiger partial charge in [0.15, 0.2) is 0 Å². The summed E-state index contributed by atoms with van der Waals surface area (Å²) >= 11 is 5.96. The molecule has 0 aromatic heterocycles. The Kier molecular flexibility index (Phi) is 2.97. The van der Waals surface area contributed by atoms with Gasteiger partial charge in [-0.1, -0.05) is 25.4 Å². The zero-order valence-electron chi connectivity index (χ0n) is 9.50. The van der Waals surface area contributed by atoms with Crippen molar-refractivity contribution in [3.05, 3.63) is 34.6 Å². The summed E-state index contributed by atoms with van der Waals surface area (Å²) in [6.45, 7) is 4.27. The zero-order valence-corrected chi connectivity index (χ0v) is 10.3. The van der Waals surface area contributed by atoms with Crippen molar-refractivity contribution in [1.82, 2.24) is 0 Å². The van der Waals surface area contributed by atoms with Crippen molar-refractivity contribution in [1.29, 1.82) is 0 Å². The highest BCUT2D eigenvalue weighted by molar-refractivity contribution is 6.31. The molecule has 2 rings (SSSR count). The van der Waals surface area contributed by atoms with Crippen LogP contribution in [-0.4, -0.2) is 11.2 Å². The molecule has 1 aliphatic carbocycles. The highest BCUT2D eigenvalue weighted by atomic mass is 35.5. The molecule has 0 aliphatic heterocycles. The van der Waals surface area contributed by atoms with Gasteiger partial charge in [0.25, 0.3) is 0 Å². The third-order valence-electron chi connectivity index (χ3n) is 3.49. The first-order valence-electron chi connectivity index (χ1n) is 5.52. The molecule has 1 aromatic rings. The van der Waals surface area contributed by atoms with E-state index >= 15 is 0 Å². The Morgan fingerprint density at radius 1 is 1.56 bits per heavy atom. The summed E-state index contributed by atoms with van der Waals surface area (Å²) < 4.78 is 13.0. The Labute approximate surface area is 100 Å². The molecule has 2 atom stereocenters. The van der Waals surface area contributed by atoms with E-state index in [0.29, 0.717) is 22.9 Å². The van der Waals surface area contributed by atoms with Crippen LogP contribution in [0, 0.1) is 17.2 Å². The molecule has 1 aromatic carbocycles. The largest absolute Gasteiger partial charge is 0.392 e. The van der Waals surface area contributed by atoms with Crippen LogP contribution in [0.4, 0.5) is 4.39 Å². The molecule has 1 nitrogen and oxygen atoms in total. The van der Waals surface area contributed by atoms with Crippen LogP contribution in [0.25, 0.3) is 0 Å². The summed E-state index contributed by atoms with van der Waals surface area (Å²) in [5.74, 6) is 0.00786. The highest BCUT2D eigenvalue weighted by Gasteiger charge is 2.49. The second-order valence-electron chi connectivity index (χ2n) is 5.31. The average Bonchev–Trinajstić information content (AvgIpc) is 2.82. The van der Waals surface area contributed by atoms with Crippen LogP contribution < -0.4 is 0 Å². The Hall–Kier alpha value is -0.600. The van der Waals surface area contributed by atoms with Gasteiger partial charge in [0.2, 0.25) is 0 Å². The van der Waals surface area contributed by atoms with Crippen molar-refractivity contribution in [3.8, 4) is 0 Å². The van der Waals surface area contributed by atoms with Crippen molar-refractivity contribution in [3.63, 3.8) is 0 Å². The van der Waals surface area contributed by atoms with Crippen molar-refractivity contribution in [2.75, 3.05) is 0 Å².